The third-order valence-corrected chi connectivity index (χ3v) is 3.01. The molecule has 1 aromatic heterocycles. The summed E-state index contributed by atoms with van der Waals surface area (Å²) in [6.45, 7) is 3.42. The van der Waals surface area contributed by atoms with Gasteiger partial charge < -0.3 is 10.1 Å². The van der Waals surface area contributed by atoms with Crippen LogP contribution in [0.4, 0.5) is 5.69 Å². The minimum absolute atomic E-state index is 0.0358. The molecule has 7 heteroatoms. The van der Waals surface area contributed by atoms with Crippen molar-refractivity contribution >= 4 is 17.6 Å². The lowest BCUT2D eigenvalue weighted by Crippen LogP contribution is -2.24. The Balaban J connectivity index is 1.94. The van der Waals surface area contributed by atoms with E-state index < -0.39 is 18.5 Å². The van der Waals surface area contributed by atoms with Crippen LogP contribution in [-0.2, 0) is 16.6 Å². The summed E-state index contributed by atoms with van der Waals surface area (Å²) in [6.07, 6.45) is 0. The SMILES string of the molecule is Cc1cc(C)cc(NC(=O)COC(=O)c2ccc(=O)n(C)n2)c1. The van der Waals surface area contributed by atoms with Gasteiger partial charge in [0.15, 0.2) is 12.3 Å². The first-order chi connectivity index (χ1) is 10.8. The zero-order valence-corrected chi connectivity index (χ0v) is 13.1. The Hall–Kier alpha value is -2.96. The number of anilines is 1. The van der Waals surface area contributed by atoms with Gasteiger partial charge in [0.05, 0.1) is 0 Å². The molecule has 1 N–H and O–H groups in total. The number of carbonyl (C=O) groups is 2. The van der Waals surface area contributed by atoms with Crippen LogP contribution in [0.2, 0.25) is 0 Å². The number of carbonyl (C=O) groups excluding carboxylic acids is 2. The van der Waals surface area contributed by atoms with Crippen LogP contribution in [0.5, 0.6) is 0 Å². The molecule has 0 saturated heterocycles. The van der Waals surface area contributed by atoms with Crippen molar-refractivity contribution in [1.82, 2.24) is 9.78 Å². The van der Waals surface area contributed by atoms with Crippen molar-refractivity contribution in [3.8, 4) is 0 Å². The van der Waals surface area contributed by atoms with E-state index in [1.807, 2.05) is 32.0 Å². The van der Waals surface area contributed by atoms with Gasteiger partial charge in [0.1, 0.15) is 0 Å². The minimum atomic E-state index is -0.767. The largest absolute Gasteiger partial charge is 0.451 e. The second-order valence-electron chi connectivity index (χ2n) is 5.18. The van der Waals surface area contributed by atoms with E-state index >= 15 is 0 Å². The molecule has 0 fully saturated rings. The van der Waals surface area contributed by atoms with Crippen molar-refractivity contribution in [2.24, 2.45) is 7.05 Å². The number of nitrogens with one attached hydrogen (secondary N) is 1. The van der Waals surface area contributed by atoms with Crippen molar-refractivity contribution in [2.75, 3.05) is 11.9 Å². The van der Waals surface area contributed by atoms with Crippen molar-refractivity contribution in [3.63, 3.8) is 0 Å². The molecule has 0 bridgehead atoms. The third-order valence-electron chi connectivity index (χ3n) is 3.01. The number of hydrogen-bond acceptors (Lipinski definition) is 5. The summed E-state index contributed by atoms with van der Waals surface area (Å²) in [5, 5.41) is 6.41. The molecular formula is C16H17N3O4. The van der Waals surface area contributed by atoms with E-state index in [1.54, 1.807) is 0 Å². The van der Waals surface area contributed by atoms with Crippen LogP contribution in [0.1, 0.15) is 21.6 Å². The summed E-state index contributed by atoms with van der Waals surface area (Å²) in [6, 6.07) is 8.09. The molecule has 0 atom stereocenters. The number of rotatable bonds is 4. The lowest BCUT2D eigenvalue weighted by molar-refractivity contribution is -0.119. The van der Waals surface area contributed by atoms with Gasteiger partial charge in [0.2, 0.25) is 0 Å². The van der Waals surface area contributed by atoms with Crippen LogP contribution >= 0.6 is 0 Å². The molecule has 0 radical (unpaired) electrons. The summed E-state index contributed by atoms with van der Waals surface area (Å²) in [7, 11) is 1.42. The number of hydrogen-bond donors (Lipinski definition) is 1. The van der Waals surface area contributed by atoms with Crippen LogP contribution in [0.3, 0.4) is 0 Å². The highest BCUT2D eigenvalue weighted by atomic mass is 16.5. The fourth-order valence-electron chi connectivity index (χ4n) is 2.06. The summed E-state index contributed by atoms with van der Waals surface area (Å²) in [4.78, 5) is 34.8. The number of ether oxygens (including phenoxy) is 1. The zero-order valence-electron chi connectivity index (χ0n) is 13.1. The number of nitrogens with zero attached hydrogens (tertiary/aromatic N) is 2. The van der Waals surface area contributed by atoms with Gasteiger partial charge in [0, 0.05) is 18.8 Å². The fraction of sp³-hybridized carbons (Fsp3) is 0.250. The van der Waals surface area contributed by atoms with Crippen molar-refractivity contribution < 1.29 is 14.3 Å². The molecule has 1 aromatic carbocycles. The molecule has 0 unspecified atom stereocenters. The second-order valence-corrected chi connectivity index (χ2v) is 5.18. The minimum Gasteiger partial charge on any atom is -0.451 e. The Bertz CT molecular complexity index is 791. The highest BCUT2D eigenvalue weighted by Gasteiger charge is 2.13. The number of aromatic nitrogens is 2. The van der Waals surface area contributed by atoms with Crippen molar-refractivity contribution in [1.29, 1.82) is 0 Å². The first-order valence-corrected chi connectivity index (χ1v) is 6.95. The predicted molar refractivity (Wildman–Crippen MR) is 84.3 cm³/mol. The summed E-state index contributed by atoms with van der Waals surface area (Å²) < 4.78 is 5.91. The van der Waals surface area contributed by atoms with Gasteiger partial charge >= 0.3 is 5.97 Å². The van der Waals surface area contributed by atoms with Gasteiger partial charge in [-0.25, -0.2) is 9.48 Å². The van der Waals surface area contributed by atoms with Crippen LogP contribution in [-0.4, -0.2) is 28.3 Å². The Kier molecular flexibility index (Phi) is 4.90. The Labute approximate surface area is 132 Å². The van der Waals surface area contributed by atoms with Crippen LogP contribution in [0, 0.1) is 13.8 Å². The molecule has 1 heterocycles. The molecule has 2 aromatic rings. The van der Waals surface area contributed by atoms with Crippen LogP contribution in [0.15, 0.2) is 35.1 Å². The summed E-state index contributed by atoms with van der Waals surface area (Å²) >= 11 is 0. The number of amides is 1. The van der Waals surface area contributed by atoms with E-state index in [-0.39, 0.29) is 11.3 Å². The maximum atomic E-state index is 11.8. The van der Waals surface area contributed by atoms with E-state index in [1.165, 1.54) is 19.2 Å². The second kappa shape index (κ2) is 6.87. The average Bonchev–Trinajstić information content (AvgIpc) is 2.46. The highest BCUT2D eigenvalue weighted by Crippen LogP contribution is 2.13. The molecule has 23 heavy (non-hydrogen) atoms. The van der Waals surface area contributed by atoms with Crippen molar-refractivity contribution in [3.05, 3.63) is 57.5 Å². The van der Waals surface area contributed by atoms with E-state index in [4.69, 9.17) is 4.74 Å². The van der Waals surface area contributed by atoms with Gasteiger partial charge in [-0.2, -0.15) is 5.10 Å². The zero-order chi connectivity index (χ0) is 17.0. The molecule has 0 spiro atoms. The molecule has 120 valence electrons. The molecular weight excluding hydrogens is 298 g/mol. The monoisotopic (exact) mass is 315 g/mol. The lowest BCUT2D eigenvalue weighted by atomic mass is 10.1. The topological polar surface area (TPSA) is 90.3 Å². The van der Waals surface area contributed by atoms with E-state index in [9.17, 15) is 14.4 Å². The number of benzene rings is 1. The van der Waals surface area contributed by atoms with Gasteiger partial charge in [-0.1, -0.05) is 6.07 Å². The average molecular weight is 315 g/mol. The summed E-state index contributed by atoms with van der Waals surface area (Å²) in [5.41, 5.74) is 2.31. The molecule has 0 aliphatic heterocycles. The summed E-state index contributed by atoms with van der Waals surface area (Å²) in [5.74, 6) is -1.22. The Morgan fingerprint density at radius 3 is 2.43 bits per heavy atom. The quantitative estimate of drug-likeness (QED) is 0.856. The van der Waals surface area contributed by atoms with E-state index in [0.717, 1.165) is 15.8 Å². The fourth-order valence-corrected chi connectivity index (χ4v) is 2.06. The smallest absolute Gasteiger partial charge is 0.359 e. The molecule has 2 rings (SSSR count). The van der Waals surface area contributed by atoms with Crippen LogP contribution in [0.25, 0.3) is 0 Å². The van der Waals surface area contributed by atoms with Gasteiger partial charge in [-0.05, 0) is 43.2 Å². The predicted octanol–water partition coefficient (Wildman–Crippen LogP) is 1.19. The van der Waals surface area contributed by atoms with Gasteiger partial charge in [-0.15, -0.1) is 0 Å². The first-order valence-electron chi connectivity index (χ1n) is 6.95. The Morgan fingerprint density at radius 1 is 1.17 bits per heavy atom. The van der Waals surface area contributed by atoms with Crippen LogP contribution < -0.4 is 10.9 Å². The maximum absolute atomic E-state index is 11.8. The van der Waals surface area contributed by atoms with Crippen molar-refractivity contribution in [2.45, 2.75) is 13.8 Å². The molecule has 0 aliphatic carbocycles. The molecule has 7 nitrogen and oxygen atoms in total. The Morgan fingerprint density at radius 2 is 1.83 bits per heavy atom. The van der Waals surface area contributed by atoms with E-state index in [2.05, 4.69) is 10.4 Å². The lowest BCUT2D eigenvalue weighted by Gasteiger charge is -2.08. The number of esters is 1. The molecule has 0 saturated carbocycles. The maximum Gasteiger partial charge on any atom is 0.359 e. The molecule has 1 amide bonds. The van der Waals surface area contributed by atoms with Gasteiger partial charge in [-0.3, -0.25) is 9.59 Å². The molecule has 0 aliphatic rings. The normalized spacial score (nSPS) is 10.2. The first kappa shape index (κ1) is 16.4. The standard InChI is InChI=1S/C16H17N3O4/c1-10-6-11(2)8-12(7-10)17-14(20)9-23-16(22)13-4-5-15(21)19(3)18-13/h4-8H,9H2,1-3H3,(H,17,20). The number of aryl methyl sites for hydroxylation is 3. The van der Waals surface area contributed by atoms with E-state index in [0.29, 0.717) is 5.69 Å². The highest BCUT2D eigenvalue weighted by molar-refractivity contribution is 5.94. The third kappa shape index (κ3) is 4.50. The van der Waals surface area contributed by atoms with Gasteiger partial charge in [0.25, 0.3) is 11.5 Å².